The van der Waals surface area contributed by atoms with E-state index in [0.29, 0.717) is 25.1 Å². The Morgan fingerprint density at radius 2 is 1.79 bits per heavy atom. The van der Waals surface area contributed by atoms with Gasteiger partial charge in [0.05, 0.1) is 0 Å². The molecule has 0 saturated heterocycles. The summed E-state index contributed by atoms with van der Waals surface area (Å²) < 4.78 is 0. The number of benzene rings is 1. The van der Waals surface area contributed by atoms with Crippen molar-refractivity contribution < 1.29 is 9.59 Å². The van der Waals surface area contributed by atoms with Gasteiger partial charge in [-0.25, -0.2) is 0 Å². The largest absolute Gasteiger partial charge is 0.355 e. The van der Waals surface area contributed by atoms with E-state index in [9.17, 15) is 9.59 Å². The number of amides is 2. The first kappa shape index (κ1) is 18.5. The Balaban J connectivity index is 1.94. The standard InChI is InChI=1S/C19H29N3O2/c1-21-18(24)16-8-6-15(7-9-16)13-22(2)17(23)12-19(14-20)10-4-3-5-11-19/h6-9H,3-5,10-14,20H2,1-2H3,(H,21,24). The Morgan fingerprint density at radius 1 is 1.17 bits per heavy atom. The molecule has 5 nitrogen and oxygen atoms in total. The quantitative estimate of drug-likeness (QED) is 0.840. The molecule has 0 radical (unpaired) electrons. The normalized spacial score (nSPS) is 16.5. The van der Waals surface area contributed by atoms with Crippen molar-refractivity contribution in [2.45, 2.75) is 45.1 Å². The molecule has 0 atom stereocenters. The lowest BCUT2D eigenvalue weighted by atomic mass is 9.71. The number of hydrogen-bond donors (Lipinski definition) is 2. The SMILES string of the molecule is CNC(=O)c1ccc(CN(C)C(=O)CC2(CN)CCCCC2)cc1. The number of rotatable bonds is 6. The maximum atomic E-state index is 12.6. The summed E-state index contributed by atoms with van der Waals surface area (Å²) in [7, 11) is 3.45. The fraction of sp³-hybridized carbons (Fsp3) is 0.579. The molecule has 1 aliphatic rings. The van der Waals surface area contributed by atoms with E-state index in [1.807, 2.05) is 19.2 Å². The van der Waals surface area contributed by atoms with Crippen LogP contribution in [0.25, 0.3) is 0 Å². The van der Waals surface area contributed by atoms with E-state index in [1.54, 1.807) is 24.1 Å². The maximum Gasteiger partial charge on any atom is 0.251 e. The number of nitrogens with one attached hydrogen (secondary N) is 1. The van der Waals surface area contributed by atoms with Crippen LogP contribution in [0.4, 0.5) is 0 Å². The van der Waals surface area contributed by atoms with Crippen molar-refractivity contribution in [1.29, 1.82) is 0 Å². The Hall–Kier alpha value is -1.88. The van der Waals surface area contributed by atoms with E-state index >= 15 is 0 Å². The topological polar surface area (TPSA) is 75.4 Å². The van der Waals surface area contributed by atoms with Gasteiger partial charge < -0.3 is 16.0 Å². The van der Waals surface area contributed by atoms with E-state index < -0.39 is 0 Å². The lowest BCUT2D eigenvalue weighted by Crippen LogP contribution is -2.39. The van der Waals surface area contributed by atoms with Crippen LogP contribution in [-0.2, 0) is 11.3 Å². The van der Waals surface area contributed by atoms with Crippen molar-refractivity contribution in [2.75, 3.05) is 20.6 Å². The highest BCUT2D eigenvalue weighted by Gasteiger charge is 2.33. The van der Waals surface area contributed by atoms with Gasteiger partial charge in [0.25, 0.3) is 5.91 Å². The second kappa shape index (κ2) is 8.29. The summed E-state index contributed by atoms with van der Waals surface area (Å²) in [5, 5.41) is 2.60. The number of carbonyl (C=O) groups excluding carboxylic acids is 2. The van der Waals surface area contributed by atoms with Crippen LogP contribution in [0.5, 0.6) is 0 Å². The lowest BCUT2D eigenvalue weighted by Gasteiger charge is -2.36. The predicted molar refractivity (Wildman–Crippen MR) is 95.5 cm³/mol. The third-order valence-corrected chi connectivity index (χ3v) is 5.16. The molecule has 5 heteroatoms. The van der Waals surface area contributed by atoms with Gasteiger partial charge in [0.2, 0.25) is 5.91 Å². The fourth-order valence-corrected chi connectivity index (χ4v) is 3.48. The van der Waals surface area contributed by atoms with Crippen molar-refractivity contribution in [3.8, 4) is 0 Å². The maximum absolute atomic E-state index is 12.6. The first-order valence-corrected chi connectivity index (χ1v) is 8.75. The van der Waals surface area contributed by atoms with Crippen molar-refractivity contribution in [3.05, 3.63) is 35.4 Å². The average molecular weight is 331 g/mol. The first-order chi connectivity index (χ1) is 11.5. The molecule has 24 heavy (non-hydrogen) atoms. The second-order valence-electron chi connectivity index (χ2n) is 6.97. The van der Waals surface area contributed by atoms with Crippen LogP contribution in [0, 0.1) is 5.41 Å². The molecule has 0 heterocycles. The summed E-state index contributed by atoms with van der Waals surface area (Å²) in [6.45, 7) is 1.14. The van der Waals surface area contributed by atoms with E-state index in [-0.39, 0.29) is 17.2 Å². The highest BCUT2D eigenvalue weighted by molar-refractivity contribution is 5.93. The molecule has 1 aromatic rings. The summed E-state index contributed by atoms with van der Waals surface area (Å²) in [4.78, 5) is 25.9. The highest BCUT2D eigenvalue weighted by atomic mass is 16.2. The van der Waals surface area contributed by atoms with Gasteiger partial charge in [-0.2, -0.15) is 0 Å². The van der Waals surface area contributed by atoms with Gasteiger partial charge in [-0.15, -0.1) is 0 Å². The fourth-order valence-electron chi connectivity index (χ4n) is 3.48. The zero-order valence-corrected chi connectivity index (χ0v) is 14.8. The smallest absolute Gasteiger partial charge is 0.251 e. The number of carbonyl (C=O) groups is 2. The molecule has 2 rings (SSSR count). The molecule has 0 aliphatic heterocycles. The van der Waals surface area contributed by atoms with Crippen LogP contribution in [0.3, 0.4) is 0 Å². The minimum Gasteiger partial charge on any atom is -0.355 e. The molecule has 132 valence electrons. The molecule has 1 aliphatic carbocycles. The molecule has 0 bridgehead atoms. The van der Waals surface area contributed by atoms with Crippen molar-refractivity contribution in [1.82, 2.24) is 10.2 Å². The van der Waals surface area contributed by atoms with Crippen molar-refractivity contribution in [2.24, 2.45) is 11.1 Å². The van der Waals surface area contributed by atoms with Crippen LogP contribution in [0.2, 0.25) is 0 Å². The molecule has 2 amide bonds. The Labute approximate surface area is 144 Å². The molecule has 0 unspecified atom stereocenters. The molecular weight excluding hydrogens is 302 g/mol. The number of nitrogens with zero attached hydrogens (tertiary/aromatic N) is 1. The monoisotopic (exact) mass is 331 g/mol. The summed E-state index contributed by atoms with van der Waals surface area (Å²) in [5.74, 6) is 0.0471. The average Bonchev–Trinajstić information content (AvgIpc) is 2.62. The Bertz CT molecular complexity index is 562. The van der Waals surface area contributed by atoms with Gasteiger partial charge in [0.15, 0.2) is 0 Å². The van der Waals surface area contributed by atoms with Gasteiger partial charge in [0, 0.05) is 32.6 Å². The zero-order chi connectivity index (χ0) is 17.6. The van der Waals surface area contributed by atoms with Crippen molar-refractivity contribution >= 4 is 11.8 Å². The van der Waals surface area contributed by atoms with Crippen molar-refractivity contribution in [3.63, 3.8) is 0 Å². The van der Waals surface area contributed by atoms with Crippen LogP contribution in [0.15, 0.2) is 24.3 Å². The summed E-state index contributed by atoms with van der Waals surface area (Å²) in [6.07, 6.45) is 6.26. The van der Waals surface area contributed by atoms with Gasteiger partial charge in [0.1, 0.15) is 0 Å². The molecule has 1 saturated carbocycles. The van der Waals surface area contributed by atoms with Crippen LogP contribution in [0.1, 0.15) is 54.4 Å². The molecule has 1 aromatic carbocycles. The van der Waals surface area contributed by atoms with E-state index in [1.165, 1.54) is 19.3 Å². The van der Waals surface area contributed by atoms with Crippen LogP contribution in [-0.4, -0.2) is 37.4 Å². The Kier molecular flexibility index (Phi) is 6.37. The van der Waals surface area contributed by atoms with E-state index in [4.69, 9.17) is 5.73 Å². The summed E-state index contributed by atoms with van der Waals surface area (Å²) in [6, 6.07) is 7.37. The Morgan fingerprint density at radius 3 is 2.33 bits per heavy atom. The second-order valence-corrected chi connectivity index (χ2v) is 6.97. The summed E-state index contributed by atoms with van der Waals surface area (Å²) in [5.41, 5.74) is 7.62. The van der Waals surface area contributed by atoms with Crippen LogP contribution < -0.4 is 11.1 Å². The molecule has 1 fully saturated rings. The highest BCUT2D eigenvalue weighted by Crippen LogP contribution is 2.38. The minimum absolute atomic E-state index is 0.00728. The van der Waals surface area contributed by atoms with Gasteiger partial charge >= 0.3 is 0 Å². The minimum atomic E-state index is -0.104. The van der Waals surface area contributed by atoms with Gasteiger partial charge in [-0.1, -0.05) is 31.4 Å². The predicted octanol–water partition coefficient (Wildman–Crippen LogP) is 2.30. The molecular formula is C19H29N3O2. The lowest BCUT2D eigenvalue weighted by molar-refractivity contribution is -0.133. The van der Waals surface area contributed by atoms with Gasteiger partial charge in [-0.05, 0) is 42.5 Å². The van der Waals surface area contributed by atoms with Gasteiger partial charge in [-0.3, -0.25) is 9.59 Å². The third-order valence-electron chi connectivity index (χ3n) is 5.16. The third kappa shape index (κ3) is 4.57. The number of nitrogens with two attached hydrogens (primary N) is 1. The summed E-state index contributed by atoms with van der Waals surface area (Å²) >= 11 is 0. The molecule has 0 aromatic heterocycles. The first-order valence-electron chi connectivity index (χ1n) is 8.75. The molecule has 3 N–H and O–H groups in total. The number of hydrogen-bond acceptors (Lipinski definition) is 3. The van der Waals surface area contributed by atoms with E-state index in [0.717, 1.165) is 18.4 Å². The van der Waals surface area contributed by atoms with Crippen LogP contribution >= 0.6 is 0 Å². The zero-order valence-electron chi connectivity index (χ0n) is 14.8. The van der Waals surface area contributed by atoms with E-state index in [2.05, 4.69) is 5.32 Å². The molecule has 0 spiro atoms.